The van der Waals surface area contributed by atoms with Crippen molar-refractivity contribution in [2.24, 2.45) is 5.92 Å². The van der Waals surface area contributed by atoms with Gasteiger partial charge in [-0.15, -0.1) is 0 Å². The molecule has 1 amide bonds. The van der Waals surface area contributed by atoms with Gasteiger partial charge in [-0.3, -0.25) is 9.59 Å². The maximum Gasteiger partial charge on any atom is 0.310 e. The highest BCUT2D eigenvalue weighted by molar-refractivity contribution is 7.98. The van der Waals surface area contributed by atoms with Crippen LogP contribution in [0.15, 0.2) is 16.5 Å². The minimum absolute atomic E-state index is 0.00672. The molecule has 0 aromatic carbocycles. The van der Waals surface area contributed by atoms with Gasteiger partial charge in [-0.2, -0.15) is 8.78 Å². The van der Waals surface area contributed by atoms with Crippen LogP contribution in [0.4, 0.5) is 8.78 Å². The molecule has 0 fully saturated rings. The minimum atomic E-state index is -2.49. The average Bonchev–Trinajstić information content (AvgIpc) is 2.91. The first-order valence-electron chi connectivity index (χ1n) is 6.17. The van der Waals surface area contributed by atoms with E-state index in [1.165, 1.54) is 31.2 Å². The maximum atomic E-state index is 12.1. The van der Waals surface area contributed by atoms with Crippen LogP contribution < -0.4 is 0 Å². The smallest absolute Gasteiger partial charge is 0.310 e. The van der Waals surface area contributed by atoms with E-state index in [0.29, 0.717) is 17.5 Å². The molecule has 1 unspecified atom stereocenters. The topological polar surface area (TPSA) is 59.8 Å². The molecule has 1 atom stereocenters. The SMILES string of the molecule is COC(=O)C(C)CN(C)C(=O)c1ccc(CSC(F)F)o1. The van der Waals surface area contributed by atoms with Crippen molar-refractivity contribution in [3.63, 3.8) is 0 Å². The van der Waals surface area contributed by atoms with Crippen molar-refractivity contribution in [3.05, 3.63) is 23.7 Å². The van der Waals surface area contributed by atoms with Gasteiger partial charge in [0.25, 0.3) is 11.7 Å². The zero-order valence-electron chi connectivity index (χ0n) is 12.0. The van der Waals surface area contributed by atoms with E-state index in [1.54, 1.807) is 6.92 Å². The van der Waals surface area contributed by atoms with Gasteiger partial charge in [0.15, 0.2) is 5.76 Å². The number of carbonyl (C=O) groups is 2. The summed E-state index contributed by atoms with van der Waals surface area (Å²) in [7, 11) is 2.80. The molecule has 21 heavy (non-hydrogen) atoms. The second-order valence-corrected chi connectivity index (χ2v) is 5.43. The van der Waals surface area contributed by atoms with E-state index >= 15 is 0 Å². The summed E-state index contributed by atoms with van der Waals surface area (Å²) in [4.78, 5) is 24.7. The van der Waals surface area contributed by atoms with Gasteiger partial charge in [-0.1, -0.05) is 18.7 Å². The van der Waals surface area contributed by atoms with Gasteiger partial charge in [0.2, 0.25) is 0 Å². The molecular formula is C13H17F2NO4S. The van der Waals surface area contributed by atoms with E-state index < -0.39 is 23.6 Å². The van der Waals surface area contributed by atoms with Crippen molar-refractivity contribution >= 4 is 23.6 Å². The summed E-state index contributed by atoms with van der Waals surface area (Å²) in [6.45, 7) is 1.82. The number of halogens is 2. The molecule has 118 valence electrons. The van der Waals surface area contributed by atoms with E-state index in [4.69, 9.17) is 4.42 Å². The maximum absolute atomic E-state index is 12.1. The van der Waals surface area contributed by atoms with Gasteiger partial charge in [0.1, 0.15) is 5.76 Å². The fourth-order valence-corrected chi connectivity index (χ4v) is 2.12. The van der Waals surface area contributed by atoms with Crippen LogP contribution in [0.3, 0.4) is 0 Å². The Labute approximate surface area is 125 Å². The first-order chi connectivity index (χ1) is 9.85. The molecule has 1 aromatic rings. The standard InChI is InChI=1S/C13H17F2NO4S/c1-8(12(18)19-3)6-16(2)11(17)10-5-4-9(20-10)7-21-13(14)15/h4-5,8,13H,6-7H2,1-3H3. The highest BCUT2D eigenvalue weighted by Crippen LogP contribution is 2.21. The number of esters is 1. The summed E-state index contributed by atoms with van der Waals surface area (Å²) in [5.74, 6) is -3.43. The van der Waals surface area contributed by atoms with E-state index in [1.807, 2.05) is 0 Å². The molecule has 5 nitrogen and oxygen atoms in total. The molecule has 0 saturated carbocycles. The second-order valence-electron chi connectivity index (χ2n) is 4.45. The monoisotopic (exact) mass is 321 g/mol. The van der Waals surface area contributed by atoms with Crippen LogP contribution in [-0.2, 0) is 15.3 Å². The minimum Gasteiger partial charge on any atom is -0.469 e. The van der Waals surface area contributed by atoms with Crippen molar-refractivity contribution in [2.75, 3.05) is 20.7 Å². The lowest BCUT2D eigenvalue weighted by molar-refractivity contribution is -0.145. The summed E-state index contributed by atoms with van der Waals surface area (Å²) >= 11 is 0.422. The van der Waals surface area contributed by atoms with E-state index in [9.17, 15) is 18.4 Å². The second kappa shape index (κ2) is 8.02. The van der Waals surface area contributed by atoms with Gasteiger partial charge in [-0.25, -0.2) is 0 Å². The third-order valence-corrected chi connectivity index (χ3v) is 3.43. The predicted octanol–water partition coefficient (Wildman–Crippen LogP) is 2.62. The zero-order valence-corrected chi connectivity index (χ0v) is 12.8. The molecule has 0 N–H and O–H groups in total. The van der Waals surface area contributed by atoms with Crippen LogP contribution in [0, 0.1) is 5.92 Å². The lowest BCUT2D eigenvalue weighted by Crippen LogP contribution is -2.33. The number of carbonyl (C=O) groups excluding carboxylic acids is 2. The van der Waals surface area contributed by atoms with Crippen molar-refractivity contribution in [3.8, 4) is 0 Å². The fourth-order valence-electron chi connectivity index (χ4n) is 1.67. The molecule has 8 heteroatoms. The number of thioether (sulfide) groups is 1. The Hall–Kier alpha value is -1.57. The largest absolute Gasteiger partial charge is 0.469 e. The Morgan fingerprint density at radius 3 is 2.67 bits per heavy atom. The number of furan rings is 1. The normalized spacial score (nSPS) is 12.3. The average molecular weight is 321 g/mol. The van der Waals surface area contributed by atoms with Crippen LogP contribution in [0.25, 0.3) is 0 Å². The van der Waals surface area contributed by atoms with Crippen molar-refractivity contribution < 1.29 is 27.5 Å². The number of rotatable bonds is 7. The third-order valence-electron chi connectivity index (χ3n) is 2.72. The Morgan fingerprint density at radius 2 is 2.10 bits per heavy atom. The Kier molecular flexibility index (Phi) is 6.67. The van der Waals surface area contributed by atoms with Crippen LogP contribution in [0.5, 0.6) is 0 Å². The number of ether oxygens (including phenoxy) is 1. The van der Waals surface area contributed by atoms with Gasteiger partial charge in [-0.05, 0) is 12.1 Å². The lowest BCUT2D eigenvalue weighted by Gasteiger charge is -2.19. The molecule has 0 aliphatic rings. The summed E-state index contributed by atoms with van der Waals surface area (Å²) in [6, 6.07) is 2.92. The Bertz CT molecular complexity index is 492. The van der Waals surface area contributed by atoms with Crippen LogP contribution in [0.2, 0.25) is 0 Å². The number of alkyl halides is 2. The molecule has 1 rings (SSSR count). The summed E-state index contributed by atoms with van der Waals surface area (Å²) < 4.78 is 33.9. The molecule has 0 spiro atoms. The molecule has 1 heterocycles. The quantitative estimate of drug-likeness (QED) is 0.723. The molecule has 1 aromatic heterocycles. The Morgan fingerprint density at radius 1 is 1.43 bits per heavy atom. The first-order valence-corrected chi connectivity index (χ1v) is 7.21. The summed E-state index contributed by atoms with van der Waals surface area (Å²) in [5.41, 5.74) is 0. The highest BCUT2D eigenvalue weighted by atomic mass is 32.2. The van der Waals surface area contributed by atoms with Crippen LogP contribution in [0.1, 0.15) is 23.2 Å². The van der Waals surface area contributed by atoms with Crippen molar-refractivity contribution in [2.45, 2.75) is 18.4 Å². The lowest BCUT2D eigenvalue weighted by atomic mass is 10.1. The Balaban J connectivity index is 2.60. The van der Waals surface area contributed by atoms with Crippen molar-refractivity contribution in [1.82, 2.24) is 4.90 Å². The van der Waals surface area contributed by atoms with Gasteiger partial charge in [0, 0.05) is 13.6 Å². The van der Waals surface area contributed by atoms with Crippen molar-refractivity contribution in [1.29, 1.82) is 0 Å². The number of methoxy groups -OCH3 is 1. The summed E-state index contributed by atoms with van der Waals surface area (Å²) in [5, 5.41) is 0. The molecule has 0 radical (unpaired) electrons. The van der Waals surface area contributed by atoms with Gasteiger partial charge >= 0.3 is 5.97 Å². The molecule has 0 aliphatic carbocycles. The fraction of sp³-hybridized carbons (Fsp3) is 0.538. The van der Waals surface area contributed by atoms with Crippen LogP contribution >= 0.6 is 11.8 Å². The van der Waals surface area contributed by atoms with Gasteiger partial charge in [0.05, 0.1) is 18.8 Å². The predicted molar refractivity (Wildman–Crippen MR) is 74.1 cm³/mol. The van der Waals surface area contributed by atoms with E-state index in [-0.39, 0.29) is 18.1 Å². The first kappa shape index (κ1) is 17.5. The highest BCUT2D eigenvalue weighted by Gasteiger charge is 2.21. The number of amides is 1. The molecule has 0 saturated heterocycles. The third kappa shape index (κ3) is 5.37. The number of hydrogen-bond donors (Lipinski definition) is 0. The summed E-state index contributed by atoms with van der Waals surface area (Å²) in [6.07, 6.45) is 0. The zero-order chi connectivity index (χ0) is 16.0. The van der Waals surface area contributed by atoms with Gasteiger partial charge < -0.3 is 14.1 Å². The number of hydrogen-bond acceptors (Lipinski definition) is 5. The van der Waals surface area contributed by atoms with Crippen LogP contribution in [-0.4, -0.2) is 43.2 Å². The number of nitrogens with zero attached hydrogens (tertiary/aromatic N) is 1. The molecular weight excluding hydrogens is 304 g/mol. The van der Waals surface area contributed by atoms with E-state index in [2.05, 4.69) is 4.74 Å². The van der Waals surface area contributed by atoms with E-state index in [0.717, 1.165) is 0 Å². The molecule has 0 aliphatic heterocycles. The molecule has 0 bridgehead atoms.